The molecule has 0 atom stereocenters. The molecule has 0 aromatic heterocycles. The van der Waals surface area contributed by atoms with Crippen LogP contribution in [0.3, 0.4) is 0 Å². The summed E-state index contributed by atoms with van der Waals surface area (Å²) in [5.74, 6) is 0. The van der Waals surface area contributed by atoms with Crippen LogP contribution in [0.2, 0.25) is 0 Å². The summed E-state index contributed by atoms with van der Waals surface area (Å²) >= 11 is 0. The SMILES string of the molecule is CCCCCCCCCC[NH2+]CCCCCCCCC.O=[N+]([O-])[O-]. The average Bonchev–Trinajstić information content (AvgIpc) is 2.54. The molecule has 0 saturated heterocycles. The molecule has 0 heterocycles. The summed E-state index contributed by atoms with van der Waals surface area (Å²) in [6.45, 7) is 7.32. The molecule has 0 spiro atoms. The molecule has 24 heavy (non-hydrogen) atoms. The van der Waals surface area contributed by atoms with Crippen molar-refractivity contribution in [2.24, 2.45) is 0 Å². The van der Waals surface area contributed by atoms with Crippen LogP contribution >= 0.6 is 0 Å². The van der Waals surface area contributed by atoms with Crippen molar-refractivity contribution in [3.8, 4) is 0 Å². The lowest BCUT2D eigenvalue weighted by Crippen LogP contribution is -2.84. The van der Waals surface area contributed by atoms with Crippen LogP contribution in [0.25, 0.3) is 0 Å². The first-order valence-electron chi connectivity index (χ1n) is 10.3. The predicted octanol–water partition coefficient (Wildman–Crippen LogP) is 5.20. The molecule has 0 aliphatic carbocycles. The van der Waals surface area contributed by atoms with Crippen LogP contribution < -0.4 is 5.32 Å². The molecule has 0 radical (unpaired) electrons. The van der Waals surface area contributed by atoms with E-state index in [9.17, 15) is 0 Å². The first kappa shape index (κ1) is 25.4. The Morgan fingerprint density at radius 1 is 0.583 bits per heavy atom. The van der Waals surface area contributed by atoms with Crippen LogP contribution in [0.15, 0.2) is 0 Å². The van der Waals surface area contributed by atoms with Gasteiger partial charge in [0.25, 0.3) is 0 Å². The fourth-order valence-corrected chi connectivity index (χ4v) is 2.81. The first-order chi connectivity index (χ1) is 11.6. The summed E-state index contributed by atoms with van der Waals surface area (Å²) in [6.07, 6.45) is 21.6. The third-order valence-electron chi connectivity index (χ3n) is 4.27. The highest BCUT2D eigenvalue weighted by molar-refractivity contribution is 4.46. The van der Waals surface area contributed by atoms with E-state index in [1.807, 2.05) is 0 Å². The van der Waals surface area contributed by atoms with Crippen molar-refractivity contribution in [2.45, 2.75) is 110 Å². The van der Waals surface area contributed by atoms with Crippen LogP contribution in [-0.4, -0.2) is 18.2 Å². The Hall–Kier alpha value is -0.840. The molecule has 0 amide bonds. The van der Waals surface area contributed by atoms with Gasteiger partial charge in [-0.3, -0.25) is 0 Å². The second kappa shape index (κ2) is 24.4. The van der Waals surface area contributed by atoms with Gasteiger partial charge in [-0.05, 0) is 25.7 Å². The summed E-state index contributed by atoms with van der Waals surface area (Å²) in [4.78, 5) is 8.25. The molecular weight excluding hydrogens is 304 g/mol. The number of hydrogen-bond donors (Lipinski definition) is 1. The maximum Gasteiger partial charge on any atom is 0.0755 e. The summed E-state index contributed by atoms with van der Waals surface area (Å²) in [5, 5.41) is 17.3. The van der Waals surface area contributed by atoms with Gasteiger partial charge < -0.3 is 20.6 Å². The van der Waals surface area contributed by atoms with Crippen LogP contribution in [0.5, 0.6) is 0 Å². The van der Waals surface area contributed by atoms with Crippen LogP contribution in [0.1, 0.15) is 110 Å². The van der Waals surface area contributed by atoms with Gasteiger partial charge in [0.1, 0.15) is 0 Å². The van der Waals surface area contributed by atoms with Gasteiger partial charge in [-0.2, -0.15) is 0 Å². The lowest BCUT2D eigenvalue weighted by Gasteiger charge is -2.03. The molecule has 146 valence electrons. The van der Waals surface area contributed by atoms with Crippen molar-refractivity contribution in [1.82, 2.24) is 0 Å². The zero-order valence-electron chi connectivity index (χ0n) is 16.3. The Morgan fingerprint density at radius 2 is 0.833 bits per heavy atom. The molecule has 0 aromatic rings. The fraction of sp³-hybridized carbons (Fsp3) is 1.00. The van der Waals surface area contributed by atoms with Crippen molar-refractivity contribution < 1.29 is 10.4 Å². The largest absolute Gasteiger partial charge is 0.356 e. The number of hydrogen-bond acceptors (Lipinski definition) is 3. The number of unbranched alkanes of at least 4 members (excludes halogenated alkanes) is 13. The normalized spacial score (nSPS) is 10.2. The standard InChI is InChI=1S/C19H41N.NO3/c1-3-5-7-9-11-13-15-17-19-20-18-16-14-12-10-8-6-4-2;2-1(3)4/h20H,3-19H2,1-2H3;/q;-1/p+1. The Kier molecular flexibility index (Phi) is 25.8. The smallest absolute Gasteiger partial charge is 0.0755 e. The van der Waals surface area contributed by atoms with Gasteiger partial charge in [0.15, 0.2) is 0 Å². The van der Waals surface area contributed by atoms with Gasteiger partial charge in [-0.1, -0.05) is 84.5 Å². The van der Waals surface area contributed by atoms with E-state index in [0.29, 0.717) is 0 Å². The highest BCUT2D eigenvalue weighted by Crippen LogP contribution is 2.07. The van der Waals surface area contributed by atoms with E-state index in [2.05, 4.69) is 19.2 Å². The maximum atomic E-state index is 8.25. The molecule has 0 bridgehead atoms. The van der Waals surface area contributed by atoms with Crippen LogP contribution in [-0.2, 0) is 0 Å². The molecular formula is C19H42N2O3. The summed E-state index contributed by atoms with van der Waals surface area (Å²) < 4.78 is 0. The average molecular weight is 347 g/mol. The predicted molar refractivity (Wildman–Crippen MR) is 103 cm³/mol. The molecule has 5 heteroatoms. The number of nitrogens with zero attached hydrogens (tertiary/aromatic N) is 1. The Balaban J connectivity index is 0. The lowest BCUT2D eigenvalue weighted by molar-refractivity contribution is -0.655. The van der Waals surface area contributed by atoms with Gasteiger partial charge >= 0.3 is 0 Å². The van der Waals surface area contributed by atoms with Gasteiger partial charge in [0.05, 0.1) is 18.2 Å². The van der Waals surface area contributed by atoms with E-state index in [1.54, 1.807) is 0 Å². The van der Waals surface area contributed by atoms with Crippen LogP contribution in [0, 0.1) is 15.3 Å². The minimum atomic E-state index is -1.75. The van der Waals surface area contributed by atoms with E-state index in [0.717, 1.165) is 0 Å². The van der Waals surface area contributed by atoms with E-state index in [1.165, 1.54) is 109 Å². The molecule has 5 nitrogen and oxygen atoms in total. The monoisotopic (exact) mass is 346 g/mol. The lowest BCUT2D eigenvalue weighted by atomic mass is 10.1. The third kappa shape index (κ3) is 32.9. The van der Waals surface area contributed by atoms with Crippen molar-refractivity contribution >= 4 is 0 Å². The summed E-state index contributed by atoms with van der Waals surface area (Å²) in [6, 6.07) is 0. The quantitative estimate of drug-likeness (QED) is 0.223. The summed E-state index contributed by atoms with van der Waals surface area (Å²) in [7, 11) is 0. The number of nitrogens with two attached hydrogens (primary N) is 1. The molecule has 0 aliphatic rings. The number of rotatable bonds is 17. The maximum absolute atomic E-state index is 8.25. The Morgan fingerprint density at radius 3 is 1.12 bits per heavy atom. The van der Waals surface area contributed by atoms with E-state index in [-0.39, 0.29) is 0 Å². The zero-order chi connectivity index (χ0) is 18.3. The second-order valence-corrected chi connectivity index (χ2v) is 6.69. The van der Waals surface area contributed by atoms with Crippen molar-refractivity contribution in [1.29, 1.82) is 0 Å². The second-order valence-electron chi connectivity index (χ2n) is 6.69. The van der Waals surface area contributed by atoms with Gasteiger partial charge in [-0.15, -0.1) is 0 Å². The number of quaternary nitrogens is 1. The molecule has 0 rings (SSSR count). The van der Waals surface area contributed by atoms with Crippen molar-refractivity contribution in [3.63, 3.8) is 0 Å². The third-order valence-corrected chi connectivity index (χ3v) is 4.27. The molecule has 0 unspecified atom stereocenters. The van der Waals surface area contributed by atoms with E-state index in [4.69, 9.17) is 15.3 Å². The topological polar surface area (TPSA) is 82.8 Å². The first-order valence-corrected chi connectivity index (χ1v) is 10.3. The molecule has 0 aromatic carbocycles. The molecule has 2 N–H and O–H groups in total. The minimum absolute atomic E-state index is 1.37. The van der Waals surface area contributed by atoms with Crippen molar-refractivity contribution in [3.05, 3.63) is 15.3 Å². The highest BCUT2D eigenvalue weighted by atomic mass is 16.9. The highest BCUT2D eigenvalue weighted by Gasteiger charge is 1.95. The summed E-state index contributed by atoms with van der Waals surface area (Å²) in [5.41, 5.74) is 0. The Labute approximate surface area is 149 Å². The van der Waals surface area contributed by atoms with Gasteiger partial charge in [-0.25, -0.2) is 0 Å². The van der Waals surface area contributed by atoms with Gasteiger partial charge in [0.2, 0.25) is 0 Å². The molecule has 0 fully saturated rings. The molecule has 0 saturated carbocycles. The Bertz CT molecular complexity index is 217. The van der Waals surface area contributed by atoms with Crippen molar-refractivity contribution in [2.75, 3.05) is 13.1 Å². The minimum Gasteiger partial charge on any atom is -0.356 e. The zero-order valence-corrected chi connectivity index (χ0v) is 16.3. The molecule has 0 aliphatic heterocycles. The van der Waals surface area contributed by atoms with E-state index < -0.39 is 5.09 Å². The van der Waals surface area contributed by atoms with Gasteiger partial charge in [0, 0.05) is 0 Å². The fourth-order valence-electron chi connectivity index (χ4n) is 2.81. The van der Waals surface area contributed by atoms with Crippen LogP contribution in [0.4, 0.5) is 0 Å². The van der Waals surface area contributed by atoms with E-state index >= 15 is 0 Å².